The number of hydrogen-bond donors (Lipinski definition) is 2. The molecule has 6 heteroatoms. The summed E-state index contributed by atoms with van der Waals surface area (Å²) < 4.78 is 0. The summed E-state index contributed by atoms with van der Waals surface area (Å²) in [6, 6.07) is 4.91. The monoisotopic (exact) mass is 243 g/mol. The van der Waals surface area contributed by atoms with E-state index < -0.39 is 0 Å². The van der Waals surface area contributed by atoms with Gasteiger partial charge in [-0.2, -0.15) is 0 Å². The molecule has 92 valence electrons. The Morgan fingerprint density at radius 3 is 2.83 bits per heavy atom. The summed E-state index contributed by atoms with van der Waals surface area (Å²) in [5, 5.41) is 2.72. The van der Waals surface area contributed by atoms with Gasteiger partial charge in [0, 0.05) is 18.1 Å². The van der Waals surface area contributed by atoms with Gasteiger partial charge in [-0.25, -0.2) is 9.97 Å². The number of nitrogens with zero attached hydrogens (tertiary/aromatic N) is 3. The normalized spacial score (nSPS) is 10.1. The van der Waals surface area contributed by atoms with E-state index in [-0.39, 0.29) is 5.91 Å². The number of hydrogen-bond acceptors (Lipinski definition) is 5. The van der Waals surface area contributed by atoms with E-state index >= 15 is 0 Å². The number of pyridine rings is 1. The molecule has 0 bridgehead atoms. The molecule has 6 nitrogen and oxygen atoms in total. The number of nitrogens with one attached hydrogen (secondary N) is 1. The average Bonchev–Trinajstić information content (AvgIpc) is 2.36. The molecular formula is C12H13N5O. The second-order valence-corrected chi connectivity index (χ2v) is 3.75. The van der Waals surface area contributed by atoms with Crippen molar-refractivity contribution >= 4 is 11.6 Å². The summed E-state index contributed by atoms with van der Waals surface area (Å²) in [7, 11) is 0. The van der Waals surface area contributed by atoms with E-state index in [1.807, 2.05) is 0 Å². The maximum atomic E-state index is 11.8. The lowest BCUT2D eigenvalue weighted by molar-refractivity contribution is 0.0945. The van der Waals surface area contributed by atoms with Crippen molar-refractivity contribution in [1.29, 1.82) is 0 Å². The third kappa shape index (κ3) is 3.00. The van der Waals surface area contributed by atoms with Crippen molar-refractivity contribution in [1.82, 2.24) is 20.3 Å². The Kier molecular flexibility index (Phi) is 3.47. The lowest BCUT2D eigenvalue weighted by Crippen LogP contribution is -2.24. The lowest BCUT2D eigenvalue weighted by atomic mass is 10.3. The minimum Gasteiger partial charge on any atom is -0.399 e. The molecule has 0 aliphatic rings. The Morgan fingerprint density at radius 1 is 1.33 bits per heavy atom. The number of nitrogen functional groups attached to an aromatic ring is 1. The number of carbonyl (C=O) groups excluding carboxylic acids is 1. The van der Waals surface area contributed by atoms with Crippen LogP contribution in [0.15, 0.2) is 30.6 Å². The second-order valence-electron chi connectivity index (χ2n) is 3.75. The molecule has 0 aliphatic carbocycles. The van der Waals surface area contributed by atoms with Crippen LogP contribution in [-0.4, -0.2) is 20.9 Å². The van der Waals surface area contributed by atoms with E-state index in [1.54, 1.807) is 25.3 Å². The van der Waals surface area contributed by atoms with Gasteiger partial charge in [0.1, 0.15) is 11.5 Å². The Balaban J connectivity index is 2.00. The van der Waals surface area contributed by atoms with Gasteiger partial charge in [0.05, 0.1) is 12.2 Å². The molecule has 0 atom stereocenters. The van der Waals surface area contributed by atoms with Crippen LogP contribution in [0.1, 0.15) is 22.0 Å². The predicted octanol–water partition coefficient (Wildman–Crippen LogP) is 0.692. The Morgan fingerprint density at radius 2 is 2.11 bits per heavy atom. The van der Waals surface area contributed by atoms with Crippen molar-refractivity contribution in [3.8, 4) is 0 Å². The quantitative estimate of drug-likeness (QED) is 0.827. The van der Waals surface area contributed by atoms with E-state index in [1.165, 1.54) is 12.3 Å². The van der Waals surface area contributed by atoms with Crippen LogP contribution in [-0.2, 0) is 6.54 Å². The maximum Gasteiger partial charge on any atom is 0.270 e. The molecular weight excluding hydrogens is 230 g/mol. The molecule has 0 spiro atoms. The lowest BCUT2D eigenvalue weighted by Gasteiger charge is -2.05. The summed E-state index contributed by atoms with van der Waals surface area (Å²) in [5.74, 6) is 0.391. The molecule has 3 N–H and O–H groups in total. The van der Waals surface area contributed by atoms with Gasteiger partial charge >= 0.3 is 0 Å². The maximum absolute atomic E-state index is 11.8. The molecule has 2 aromatic rings. The van der Waals surface area contributed by atoms with Gasteiger partial charge in [-0.05, 0) is 25.1 Å². The summed E-state index contributed by atoms with van der Waals surface area (Å²) in [4.78, 5) is 23.9. The molecule has 0 saturated carbocycles. The van der Waals surface area contributed by atoms with Crippen LogP contribution in [0.3, 0.4) is 0 Å². The fourth-order valence-electron chi connectivity index (χ4n) is 1.44. The van der Waals surface area contributed by atoms with E-state index in [4.69, 9.17) is 5.73 Å². The van der Waals surface area contributed by atoms with Crippen molar-refractivity contribution in [3.05, 3.63) is 47.8 Å². The van der Waals surface area contributed by atoms with Gasteiger partial charge in [0.25, 0.3) is 5.91 Å². The number of anilines is 1. The van der Waals surface area contributed by atoms with Gasteiger partial charge in [-0.1, -0.05) is 0 Å². The first-order valence-electron chi connectivity index (χ1n) is 5.43. The third-order valence-corrected chi connectivity index (χ3v) is 2.28. The molecule has 0 radical (unpaired) electrons. The number of nitrogens with two attached hydrogens (primary N) is 1. The van der Waals surface area contributed by atoms with Crippen LogP contribution in [0, 0.1) is 6.92 Å². The average molecular weight is 243 g/mol. The van der Waals surface area contributed by atoms with Gasteiger partial charge in [-0.15, -0.1) is 0 Å². The first kappa shape index (κ1) is 12.0. The number of aryl methyl sites for hydroxylation is 1. The highest BCUT2D eigenvalue weighted by Gasteiger charge is 2.07. The van der Waals surface area contributed by atoms with E-state index in [2.05, 4.69) is 20.3 Å². The Labute approximate surface area is 104 Å². The number of aromatic nitrogens is 3. The minimum absolute atomic E-state index is 0.279. The largest absolute Gasteiger partial charge is 0.399 e. The SMILES string of the molecule is Cc1nccc(CNC(=O)c2cc(N)ccn2)n1. The van der Waals surface area contributed by atoms with Crippen LogP contribution in [0.2, 0.25) is 0 Å². The molecule has 2 heterocycles. The van der Waals surface area contributed by atoms with Crippen molar-refractivity contribution in [2.24, 2.45) is 0 Å². The topological polar surface area (TPSA) is 93.8 Å². The van der Waals surface area contributed by atoms with Gasteiger partial charge < -0.3 is 11.1 Å². The smallest absolute Gasteiger partial charge is 0.270 e. The van der Waals surface area contributed by atoms with E-state index in [0.717, 1.165) is 5.69 Å². The zero-order chi connectivity index (χ0) is 13.0. The van der Waals surface area contributed by atoms with Gasteiger partial charge in [0.15, 0.2) is 0 Å². The van der Waals surface area contributed by atoms with Gasteiger partial charge in [-0.3, -0.25) is 9.78 Å². The fourth-order valence-corrected chi connectivity index (χ4v) is 1.44. The van der Waals surface area contributed by atoms with Crippen molar-refractivity contribution < 1.29 is 4.79 Å². The van der Waals surface area contributed by atoms with Crippen LogP contribution in [0.5, 0.6) is 0 Å². The predicted molar refractivity (Wildman–Crippen MR) is 66.6 cm³/mol. The molecule has 2 aromatic heterocycles. The second kappa shape index (κ2) is 5.22. The molecule has 0 unspecified atom stereocenters. The summed E-state index contributed by atoms with van der Waals surface area (Å²) in [5.41, 5.74) is 7.13. The van der Waals surface area contributed by atoms with Crippen molar-refractivity contribution in [2.45, 2.75) is 13.5 Å². The fraction of sp³-hybridized carbons (Fsp3) is 0.167. The highest BCUT2D eigenvalue weighted by molar-refractivity contribution is 5.92. The Bertz CT molecular complexity index is 570. The highest BCUT2D eigenvalue weighted by Crippen LogP contribution is 2.03. The van der Waals surface area contributed by atoms with Crippen LogP contribution < -0.4 is 11.1 Å². The van der Waals surface area contributed by atoms with E-state index in [0.29, 0.717) is 23.8 Å². The molecule has 0 fully saturated rings. The zero-order valence-electron chi connectivity index (χ0n) is 9.92. The summed E-state index contributed by atoms with van der Waals surface area (Å²) in [6.45, 7) is 2.13. The number of carbonyl (C=O) groups is 1. The number of amides is 1. The minimum atomic E-state index is -0.279. The highest BCUT2D eigenvalue weighted by atomic mass is 16.1. The summed E-state index contributed by atoms with van der Waals surface area (Å²) >= 11 is 0. The molecule has 0 aromatic carbocycles. The van der Waals surface area contributed by atoms with Crippen molar-refractivity contribution in [2.75, 3.05) is 5.73 Å². The first-order valence-corrected chi connectivity index (χ1v) is 5.43. The standard InChI is InChI=1S/C12H13N5O/c1-8-14-5-3-10(17-8)7-16-12(18)11-6-9(13)2-4-15-11/h2-6H,7H2,1H3,(H2,13,15)(H,16,18). The van der Waals surface area contributed by atoms with Crippen molar-refractivity contribution in [3.63, 3.8) is 0 Å². The molecule has 18 heavy (non-hydrogen) atoms. The van der Waals surface area contributed by atoms with E-state index in [9.17, 15) is 4.79 Å². The molecule has 0 saturated heterocycles. The number of rotatable bonds is 3. The zero-order valence-corrected chi connectivity index (χ0v) is 9.92. The molecule has 0 aliphatic heterocycles. The Hall–Kier alpha value is -2.50. The summed E-state index contributed by atoms with van der Waals surface area (Å²) in [6.07, 6.45) is 3.15. The molecule has 2 rings (SSSR count). The van der Waals surface area contributed by atoms with Crippen LogP contribution in [0.4, 0.5) is 5.69 Å². The first-order chi connectivity index (χ1) is 8.65. The molecule has 1 amide bonds. The third-order valence-electron chi connectivity index (χ3n) is 2.28. The van der Waals surface area contributed by atoms with Gasteiger partial charge in [0.2, 0.25) is 0 Å². The van der Waals surface area contributed by atoms with Crippen LogP contribution >= 0.6 is 0 Å². The van der Waals surface area contributed by atoms with Crippen LogP contribution in [0.25, 0.3) is 0 Å².